The standard InChI is InChI=1S/C11H15N5O/c1-8-6-17-4-3-16(8)11-9-5-14-15(2)10(9)12-7-13-11/h5,7-8H,3-4,6H2,1-2H3/t8-/m1/s1. The van der Waals surface area contributed by atoms with Gasteiger partial charge in [-0.15, -0.1) is 0 Å². The highest BCUT2D eigenvalue weighted by Crippen LogP contribution is 2.24. The van der Waals surface area contributed by atoms with E-state index in [0.29, 0.717) is 6.04 Å². The predicted molar refractivity (Wildman–Crippen MR) is 63.9 cm³/mol. The third-order valence-electron chi connectivity index (χ3n) is 3.15. The van der Waals surface area contributed by atoms with Crippen LogP contribution in [-0.4, -0.2) is 45.5 Å². The average Bonchev–Trinajstić information content (AvgIpc) is 2.72. The minimum Gasteiger partial charge on any atom is -0.377 e. The van der Waals surface area contributed by atoms with Crippen molar-refractivity contribution in [3.05, 3.63) is 12.5 Å². The number of aromatic nitrogens is 4. The van der Waals surface area contributed by atoms with Crippen LogP contribution in [0, 0.1) is 0 Å². The van der Waals surface area contributed by atoms with Gasteiger partial charge in [0, 0.05) is 13.6 Å². The van der Waals surface area contributed by atoms with Crippen molar-refractivity contribution in [2.75, 3.05) is 24.7 Å². The summed E-state index contributed by atoms with van der Waals surface area (Å²) in [6, 6.07) is 0.335. The van der Waals surface area contributed by atoms with Crippen molar-refractivity contribution in [3.63, 3.8) is 0 Å². The molecule has 3 heterocycles. The maximum absolute atomic E-state index is 5.44. The molecule has 1 saturated heterocycles. The molecule has 0 amide bonds. The topological polar surface area (TPSA) is 56.1 Å². The summed E-state index contributed by atoms with van der Waals surface area (Å²) in [6.07, 6.45) is 3.42. The predicted octanol–water partition coefficient (Wildman–Crippen LogP) is 0.588. The van der Waals surface area contributed by atoms with Crippen LogP contribution in [-0.2, 0) is 11.8 Å². The number of hydrogen-bond acceptors (Lipinski definition) is 5. The fourth-order valence-corrected chi connectivity index (χ4v) is 2.22. The first kappa shape index (κ1) is 10.5. The van der Waals surface area contributed by atoms with E-state index in [1.165, 1.54) is 0 Å². The summed E-state index contributed by atoms with van der Waals surface area (Å²) in [4.78, 5) is 10.9. The lowest BCUT2D eigenvalue weighted by atomic mass is 10.2. The molecule has 6 nitrogen and oxygen atoms in total. The van der Waals surface area contributed by atoms with Gasteiger partial charge in [0.15, 0.2) is 5.65 Å². The van der Waals surface area contributed by atoms with Crippen LogP contribution in [0.4, 0.5) is 5.82 Å². The lowest BCUT2D eigenvalue weighted by Crippen LogP contribution is -2.44. The molecule has 6 heteroatoms. The van der Waals surface area contributed by atoms with E-state index >= 15 is 0 Å². The van der Waals surface area contributed by atoms with E-state index in [1.54, 1.807) is 11.0 Å². The van der Waals surface area contributed by atoms with Crippen LogP contribution in [0.3, 0.4) is 0 Å². The Morgan fingerprint density at radius 3 is 3.12 bits per heavy atom. The third-order valence-corrected chi connectivity index (χ3v) is 3.15. The lowest BCUT2D eigenvalue weighted by molar-refractivity contribution is 0.0987. The molecule has 17 heavy (non-hydrogen) atoms. The highest BCUT2D eigenvalue weighted by Gasteiger charge is 2.22. The molecule has 0 unspecified atom stereocenters. The highest BCUT2D eigenvalue weighted by atomic mass is 16.5. The SMILES string of the molecule is C[C@@H]1COCCN1c1ncnc2c1cnn2C. The second kappa shape index (κ2) is 3.96. The molecule has 2 aromatic rings. The fraction of sp³-hybridized carbons (Fsp3) is 0.545. The molecule has 1 aliphatic rings. The number of morpholine rings is 1. The number of rotatable bonds is 1. The minimum absolute atomic E-state index is 0.335. The van der Waals surface area contributed by atoms with Crippen LogP contribution in [0.2, 0.25) is 0 Å². The molecule has 0 aromatic carbocycles. The molecule has 1 aliphatic heterocycles. The molecule has 2 aromatic heterocycles. The molecule has 3 rings (SSSR count). The lowest BCUT2D eigenvalue weighted by Gasteiger charge is -2.34. The molecule has 1 fully saturated rings. The molecule has 0 bridgehead atoms. The van der Waals surface area contributed by atoms with Gasteiger partial charge >= 0.3 is 0 Å². The van der Waals surface area contributed by atoms with Gasteiger partial charge in [-0.2, -0.15) is 5.10 Å². The van der Waals surface area contributed by atoms with Gasteiger partial charge in [0.2, 0.25) is 0 Å². The van der Waals surface area contributed by atoms with Crippen molar-refractivity contribution in [1.29, 1.82) is 0 Å². The third kappa shape index (κ3) is 1.64. The van der Waals surface area contributed by atoms with E-state index in [0.717, 1.165) is 36.6 Å². The Morgan fingerprint density at radius 2 is 2.29 bits per heavy atom. The van der Waals surface area contributed by atoms with Crippen molar-refractivity contribution in [2.24, 2.45) is 7.05 Å². The van der Waals surface area contributed by atoms with Gasteiger partial charge in [-0.05, 0) is 6.92 Å². The summed E-state index contributed by atoms with van der Waals surface area (Å²) in [5.41, 5.74) is 0.869. The molecule has 0 N–H and O–H groups in total. The smallest absolute Gasteiger partial charge is 0.163 e. The van der Waals surface area contributed by atoms with E-state index < -0.39 is 0 Å². The van der Waals surface area contributed by atoms with Crippen LogP contribution >= 0.6 is 0 Å². The van der Waals surface area contributed by atoms with Crippen LogP contribution in [0.1, 0.15) is 6.92 Å². The first-order valence-electron chi connectivity index (χ1n) is 5.74. The fourth-order valence-electron chi connectivity index (χ4n) is 2.22. The highest BCUT2D eigenvalue weighted by molar-refractivity contribution is 5.86. The molecule has 0 spiro atoms. The molecular weight excluding hydrogens is 218 g/mol. The van der Waals surface area contributed by atoms with Gasteiger partial charge in [0.1, 0.15) is 12.1 Å². The van der Waals surface area contributed by atoms with Gasteiger partial charge < -0.3 is 9.64 Å². The van der Waals surface area contributed by atoms with E-state index in [1.807, 2.05) is 13.2 Å². The number of ether oxygens (including phenoxy) is 1. The number of nitrogens with zero attached hydrogens (tertiary/aromatic N) is 5. The maximum Gasteiger partial charge on any atom is 0.163 e. The maximum atomic E-state index is 5.44. The Bertz CT molecular complexity index is 538. The largest absolute Gasteiger partial charge is 0.377 e. The second-order valence-corrected chi connectivity index (χ2v) is 4.32. The van der Waals surface area contributed by atoms with Gasteiger partial charge in [0.25, 0.3) is 0 Å². The van der Waals surface area contributed by atoms with Crippen molar-refractivity contribution >= 4 is 16.9 Å². The summed E-state index contributed by atoms with van der Waals surface area (Å²) >= 11 is 0. The number of aryl methyl sites for hydroxylation is 1. The van der Waals surface area contributed by atoms with Crippen LogP contribution in [0.5, 0.6) is 0 Å². The zero-order valence-corrected chi connectivity index (χ0v) is 10.00. The van der Waals surface area contributed by atoms with Gasteiger partial charge in [-0.1, -0.05) is 0 Å². The van der Waals surface area contributed by atoms with Crippen molar-refractivity contribution in [3.8, 4) is 0 Å². The molecule has 0 aliphatic carbocycles. The first-order valence-corrected chi connectivity index (χ1v) is 5.74. The second-order valence-electron chi connectivity index (χ2n) is 4.32. The van der Waals surface area contributed by atoms with Crippen LogP contribution in [0.15, 0.2) is 12.5 Å². The van der Waals surface area contributed by atoms with E-state index in [4.69, 9.17) is 4.74 Å². The van der Waals surface area contributed by atoms with Crippen molar-refractivity contribution < 1.29 is 4.74 Å². The Balaban J connectivity index is 2.10. The van der Waals surface area contributed by atoms with Crippen molar-refractivity contribution in [1.82, 2.24) is 19.7 Å². The summed E-state index contributed by atoms with van der Waals surface area (Å²) < 4.78 is 7.21. The van der Waals surface area contributed by atoms with E-state index in [-0.39, 0.29) is 0 Å². The minimum atomic E-state index is 0.335. The Hall–Kier alpha value is -1.69. The molecule has 90 valence electrons. The number of anilines is 1. The number of hydrogen-bond donors (Lipinski definition) is 0. The Morgan fingerprint density at radius 1 is 1.41 bits per heavy atom. The molecule has 0 radical (unpaired) electrons. The quantitative estimate of drug-likeness (QED) is 0.721. The van der Waals surface area contributed by atoms with E-state index in [2.05, 4.69) is 26.9 Å². The number of fused-ring (bicyclic) bond motifs is 1. The zero-order valence-electron chi connectivity index (χ0n) is 10.00. The summed E-state index contributed by atoms with van der Waals surface area (Å²) in [7, 11) is 1.89. The van der Waals surface area contributed by atoms with Crippen molar-refractivity contribution in [2.45, 2.75) is 13.0 Å². The zero-order chi connectivity index (χ0) is 11.8. The molecule has 0 saturated carbocycles. The van der Waals surface area contributed by atoms with Gasteiger partial charge in [-0.3, -0.25) is 4.68 Å². The van der Waals surface area contributed by atoms with Crippen LogP contribution < -0.4 is 4.90 Å². The van der Waals surface area contributed by atoms with Gasteiger partial charge in [-0.25, -0.2) is 9.97 Å². The Labute approximate surface area is 99.2 Å². The summed E-state index contributed by atoms with van der Waals surface area (Å²) in [5, 5.41) is 5.24. The van der Waals surface area contributed by atoms with E-state index in [9.17, 15) is 0 Å². The average molecular weight is 233 g/mol. The monoisotopic (exact) mass is 233 g/mol. The molecule has 1 atom stereocenters. The summed E-state index contributed by atoms with van der Waals surface area (Å²) in [6.45, 7) is 4.49. The van der Waals surface area contributed by atoms with Gasteiger partial charge in [0.05, 0.1) is 30.8 Å². The Kier molecular flexibility index (Phi) is 2.44. The first-order chi connectivity index (χ1) is 8.27. The molecular formula is C11H15N5O. The van der Waals surface area contributed by atoms with Crippen LogP contribution in [0.25, 0.3) is 11.0 Å². The normalized spacial score (nSPS) is 21.1. The summed E-state index contributed by atoms with van der Waals surface area (Å²) in [5.74, 6) is 0.957.